The van der Waals surface area contributed by atoms with Crippen LogP contribution < -0.4 is 0 Å². The van der Waals surface area contributed by atoms with E-state index in [0.29, 0.717) is 0 Å². The van der Waals surface area contributed by atoms with Crippen LogP contribution in [0.1, 0.15) is 56.1 Å². The van der Waals surface area contributed by atoms with Crippen LogP contribution in [0.15, 0.2) is 29.3 Å². The van der Waals surface area contributed by atoms with Crippen molar-refractivity contribution in [1.29, 1.82) is 0 Å². The van der Waals surface area contributed by atoms with E-state index in [-0.39, 0.29) is 0 Å². The van der Waals surface area contributed by atoms with E-state index in [1.165, 1.54) is 48.9 Å². The SMILES string of the molecule is C/N=C(\C)c1ccccc1C1CCCCC1. The van der Waals surface area contributed by atoms with E-state index in [9.17, 15) is 0 Å². The third kappa shape index (κ3) is 2.34. The Balaban J connectivity index is 2.31. The summed E-state index contributed by atoms with van der Waals surface area (Å²) in [6.07, 6.45) is 6.91. The number of rotatable bonds is 2. The highest BCUT2D eigenvalue weighted by molar-refractivity contribution is 6.00. The molecule has 0 heterocycles. The molecule has 0 atom stereocenters. The molecule has 0 spiro atoms. The Labute approximate surface area is 98.6 Å². The fraction of sp³-hybridized carbons (Fsp3) is 0.533. The van der Waals surface area contributed by atoms with Gasteiger partial charge in [0.05, 0.1) is 0 Å². The van der Waals surface area contributed by atoms with Crippen LogP contribution in [-0.4, -0.2) is 12.8 Å². The molecule has 0 unspecified atom stereocenters. The molecule has 16 heavy (non-hydrogen) atoms. The summed E-state index contributed by atoms with van der Waals surface area (Å²) in [5.74, 6) is 0.765. The maximum atomic E-state index is 4.33. The Morgan fingerprint density at radius 2 is 1.81 bits per heavy atom. The van der Waals surface area contributed by atoms with Gasteiger partial charge in [-0.05, 0) is 36.8 Å². The van der Waals surface area contributed by atoms with Crippen molar-refractivity contribution in [2.24, 2.45) is 4.99 Å². The van der Waals surface area contributed by atoms with Gasteiger partial charge < -0.3 is 0 Å². The van der Waals surface area contributed by atoms with Crippen molar-refractivity contribution in [3.63, 3.8) is 0 Å². The average molecular weight is 215 g/mol. The Hall–Kier alpha value is -1.11. The van der Waals surface area contributed by atoms with Gasteiger partial charge in [0.15, 0.2) is 0 Å². The molecule has 1 aliphatic rings. The lowest BCUT2D eigenvalue weighted by molar-refractivity contribution is 0.443. The molecule has 0 amide bonds. The number of aliphatic imine (C=N–C) groups is 1. The predicted molar refractivity (Wildman–Crippen MR) is 70.4 cm³/mol. The zero-order valence-corrected chi connectivity index (χ0v) is 10.4. The molecule has 2 rings (SSSR count). The van der Waals surface area contributed by atoms with E-state index >= 15 is 0 Å². The van der Waals surface area contributed by atoms with Gasteiger partial charge in [0.1, 0.15) is 0 Å². The number of hydrogen-bond acceptors (Lipinski definition) is 1. The van der Waals surface area contributed by atoms with E-state index in [1.807, 2.05) is 7.05 Å². The maximum Gasteiger partial charge on any atom is 0.0389 e. The summed E-state index contributed by atoms with van der Waals surface area (Å²) in [7, 11) is 1.88. The molecular formula is C15H21N. The molecule has 0 bridgehead atoms. The summed E-state index contributed by atoms with van der Waals surface area (Å²) in [6.45, 7) is 2.11. The second-order valence-electron chi connectivity index (χ2n) is 4.73. The highest BCUT2D eigenvalue weighted by atomic mass is 14.7. The smallest absolute Gasteiger partial charge is 0.0389 e. The van der Waals surface area contributed by atoms with Gasteiger partial charge in [0, 0.05) is 12.8 Å². The molecule has 1 saturated carbocycles. The van der Waals surface area contributed by atoms with Gasteiger partial charge in [-0.2, -0.15) is 0 Å². The molecule has 1 aromatic rings. The quantitative estimate of drug-likeness (QED) is 0.656. The first-order chi connectivity index (χ1) is 7.83. The van der Waals surface area contributed by atoms with Crippen molar-refractivity contribution >= 4 is 5.71 Å². The lowest BCUT2D eigenvalue weighted by Crippen LogP contribution is -2.09. The molecule has 0 radical (unpaired) electrons. The number of benzene rings is 1. The fourth-order valence-corrected chi connectivity index (χ4v) is 2.72. The minimum Gasteiger partial charge on any atom is -0.293 e. The van der Waals surface area contributed by atoms with Crippen LogP contribution in [0.2, 0.25) is 0 Å². The van der Waals surface area contributed by atoms with E-state index in [0.717, 1.165) is 5.92 Å². The van der Waals surface area contributed by atoms with Crippen LogP contribution in [0.25, 0.3) is 0 Å². The molecule has 0 aliphatic heterocycles. The Morgan fingerprint density at radius 3 is 2.50 bits per heavy atom. The molecule has 0 saturated heterocycles. The zero-order valence-electron chi connectivity index (χ0n) is 10.4. The van der Waals surface area contributed by atoms with Gasteiger partial charge in [-0.3, -0.25) is 4.99 Å². The van der Waals surface area contributed by atoms with Gasteiger partial charge >= 0.3 is 0 Å². The largest absolute Gasteiger partial charge is 0.293 e. The van der Waals surface area contributed by atoms with Crippen LogP contribution >= 0.6 is 0 Å². The third-order valence-corrected chi connectivity index (χ3v) is 3.73. The standard InChI is InChI=1S/C15H21N/c1-12(16-2)14-10-6-7-11-15(14)13-8-4-3-5-9-13/h6-7,10-11,13H,3-5,8-9H2,1-2H3/b16-12+. The van der Waals surface area contributed by atoms with Crippen molar-refractivity contribution in [3.8, 4) is 0 Å². The third-order valence-electron chi connectivity index (χ3n) is 3.73. The molecule has 1 fully saturated rings. The van der Waals surface area contributed by atoms with Crippen LogP contribution in [-0.2, 0) is 0 Å². The summed E-state index contributed by atoms with van der Waals surface area (Å²) < 4.78 is 0. The summed E-state index contributed by atoms with van der Waals surface area (Å²) in [4.78, 5) is 4.33. The Bertz CT molecular complexity index is 373. The van der Waals surface area contributed by atoms with E-state index < -0.39 is 0 Å². The van der Waals surface area contributed by atoms with Gasteiger partial charge in [-0.1, -0.05) is 43.5 Å². The normalized spacial score (nSPS) is 18.8. The van der Waals surface area contributed by atoms with Crippen molar-refractivity contribution in [2.75, 3.05) is 7.05 Å². The Morgan fingerprint density at radius 1 is 1.12 bits per heavy atom. The van der Waals surface area contributed by atoms with Gasteiger partial charge in [0.25, 0.3) is 0 Å². The molecule has 1 aromatic carbocycles. The average Bonchev–Trinajstić information content (AvgIpc) is 2.39. The monoisotopic (exact) mass is 215 g/mol. The van der Waals surface area contributed by atoms with Crippen LogP contribution in [0, 0.1) is 0 Å². The lowest BCUT2D eigenvalue weighted by Gasteiger charge is -2.24. The van der Waals surface area contributed by atoms with Crippen LogP contribution in [0.4, 0.5) is 0 Å². The summed E-state index contributed by atoms with van der Waals surface area (Å²) in [5.41, 5.74) is 4.04. The summed E-state index contributed by atoms with van der Waals surface area (Å²) in [6, 6.07) is 8.79. The highest BCUT2D eigenvalue weighted by Crippen LogP contribution is 2.34. The minimum absolute atomic E-state index is 0.765. The summed E-state index contributed by atoms with van der Waals surface area (Å²) >= 11 is 0. The number of hydrogen-bond donors (Lipinski definition) is 0. The van der Waals surface area contributed by atoms with Crippen molar-refractivity contribution in [2.45, 2.75) is 44.9 Å². The molecular weight excluding hydrogens is 194 g/mol. The topological polar surface area (TPSA) is 12.4 Å². The fourth-order valence-electron chi connectivity index (χ4n) is 2.72. The zero-order chi connectivity index (χ0) is 11.4. The first-order valence-corrected chi connectivity index (χ1v) is 6.35. The van der Waals surface area contributed by atoms with Gasteiger partial charge in [-0.25, -0.2) is 0 Å². The molecule has 1 aliphatic carbocycles. The van der Waals surface area contributed by atoms with Gasteiger partial charge in [-0.15, -0.1) is 0 Å². The molecule has 86 valence electrons. The molecule has 0 aromatic heterocycles. The molecule has 1 heteroatoms. The number of nitrogens with zero attached hydrogens (tertiary/aromatic N) is 1. The summed E-state index contributed by atoms with van der Waals surface area (Å²) in [5, 5.41) is 0. The van der Waals surface area contributed by atoms with Crippen LogP contribution in [0.5, 0.6) is 0 Å². The second-order valence-corrected chi connectivity index (χ2v) is 4.73. The molecule has 0 N–H and O–H groups in total. The van der Waals surface area contributed by atoms with Gasteiger partial charge in [0.2, 0.25) is 0 Å². The minimum atomic E-state index is 0.765. The van der Waals surface area contributed by atoms with Crippen molar-refractivity contribution in [3.05, 3.63) is 35.4 Å². The molecule has 1 nitrogen and oxygen atoms in total. The Kier molecular flexibility index (Phi) is 3.76. The van der Waals surface area contributed by atoms with E-state index in [2.05, 4.69) is 36.2 Å². The first-order valence-electron chi connectivity index (χ1n) is 6.35. The van der Waals surface area contributed by atoms with Crippen LogP contribution in [0.3, 0.4) is 0 Å². The van der Waals surface area contributed by atoms with Crippen molar-refractivity contribution < 1.29 is 0 Å². The van der Waals surface area contributed by atoms with E-state index in [1.54, 1.807) is 0 Å². The first kappa shape index (κ1) is 11.4. The maximum absolute atomic E-state index is 4.33. The predicted octanol–water partition coefficient (Wildman–Crippen LogP) is 4.17. The second kappa shape index (κ2) is 5.29. The van der Waals surface area contributed by atoms with E-state index in [4.69, 9.17) is 0 Å². The van der Waals surface area contributed by atoms with Crippen molar-refractivity contribution in [1.82, 2.24) is 0 Å². The lowest BCUT2D eigenvalue weighted by atomic mass is 9.81. The highest BCUT2D eigenvalue weighted by Gasteiger charge is 2.18.